The van der Waals surface area contributed by atoms with Crippen LogP contribution in [0.4, 0.5) is 0 Å². The second kappa shape index (κ2) is 3.02. The Balaban J connectivity index is 2.19. The molecule has 0 bridgehead atoms. The molecule has 1 fully saturated rings. The summed E-state index contributed by atoms with van der Waals surface area (Å²) >= 11 is 3.41. The van der Waals surface area contributed by atoms with Crippen LogP contribution in [0, 0.1) is 5.92 Å². The minimum absolute atomic E-state index is 0.277. The molecule has 1 saturated carbocycles. The van der Waals surface area contributed by atoms with Gasteiger partial charge in [0.1, 0.15) is 6.29 Å². The fourth-order valence-electron chi connectivity index (χ4n) is 1.49. The molecule has 2 rings (SSSR count). The minimum atomic E-state index is 0.277. The van der Waals surface area contributed by atoms with Gasteiger partial charge in [-0.15, -0.1) is 0 Å². The van der Waals surface area contributed by atoms with Crippen molar-refractivity contribution in [2.45, 2.75) is 12.3 Å². The van der Waals surface area contributed by atoms with Crippen LogP contribution in [0.5, 0.6) is 0 Å². The molecule has 0 aliphatic heterocycles. The van der Waals surface area contributed by atoms with Gasteiger partial charge in [-0.25, -0.2) is 0 Å². The lowest BCUT2D eigenvalue weighted by Crippen LogP contribution is -1.83. The molecule has 0 spiro atoms. The third-order valence-electron chi connectivity index (χ3n) is 2.29. The van der Waals surface area contributed by atoms with Gasteiger partial charge in [-0.05, 0) is 30.0 Å². The lowest BCUT2D eigenvalue weighted by Gasteiger charge is -1.97. The number of hydrogen-bond donors (Lipinski definition) is 0. The Kier molecular flexibility index (Phi) is 2.01. The van der Waals surface area contributed by atoms with Crippen LogP contribution in [0.15, 0.2) is 28.7 Å². The molecule has 0 saturated heterocycles. The average Bonchev–Trinajstić information content (AvgIpc) is 2.83. The van der Waals surface area contributed by atoms with Gasteiger partial charge in [0.05, 0.1) is 0 Å². The Bertz CT molecular complexity index is 308. The summed E-state index contributed by atoms with van der Waals surface area (Å²) in [4.78, 5) is 10.4. The molecule has 2 heteroatoms. The Labute approximate surface area is 79.9 Å². The smallest absolute Gasteiger partial charge is 0.123 e. The molecule has 1 aromatic carbocycles. The first-order chi connectivity index (χ1) is 5.81. The van der Waals surface area contributed by atoms with Gasteiger partial charge in [0.2, 0.25) is 0 Å². The van der Waals surface area contributed by atoms with Gasteiger partial charge in [-0.2, -0.15) is 0 Å². The summed E-state index contributed by atoms with van der Waals surface area (Å²) in [7, 11) is 0. The van der Waals surface area contributed by atoms with Crippen LogP contribution in [0.2, 0.25) is 0 Å². The topological polar surface area (TPSA) is 17.1 Å². The van der Waals surface area contributed by atoms with E-state index in [4.69, 9.17) is 0 Å². The van der Waals surface area contributed by atoms with Gasteiger partial charge in [0.25, 0.3) is 0 Å². The molecule has 12 heavy (non-hydrogen) atoms. The maximum atomic E-state index is 10.4. The van der Waals surface area contributed by atoms with Crippen molar-refractivity contribution in [2.24, 2.45) is 5.92 Å². The highest BCUT2D eigenvalue weighted by molar-refractivity contribution is 9.10. The molecule has 1 aromatic rings. The molecule has 0 radical (unpaired) electrons. The zero-order valence-corrected chi connectivity index (χ0v) is 8.12. The maximum Gasteiger partial charge on any atom is 0.123 e. The number of hydrogen-bond acceptors (Lipinski definition) is 1. The van der Waals surface area contributed by atoms with E-state index in [0.717, 1.165) is 17.2 Å². The van der Waals surface area contributed by atoms with Crippen LogP contribution in [-0.4, -0.2) is 6.29 Å². The SMILES string of the molecule is O=C[C@@H]1C[C@@H]1c1cccc(Br)c1. The first-order valence-corrected chi connectivity index (χ1v) is 4.81. The molecule has 1 nitrogen and oxygen atoms in total. The Morgan fingerprint density at radius 3 is 2.92 bits per heavy atom. The molecular weight excluding hydrogens is 216 g/mol. The summed E-state index contributed by atoms with van der Waals surface area (Å²) in [6, 6.07) is 8.19. The van der Waals surface area contributed by atoms with Gasteiger partial charge >= 0.3 is 0 Å². The molecule has 1 aliphatic carbocycles. The highest BCUT2D eigenvalue weighted by Gasteiger charge is 2.37. The second-order valence-corrected chi connectivity index (χ2v) is 4.11. The van der Waals surface area contributed by atoms with Crippen molar-refractivity contribution >= 4 is 22.2 Å². The van der Waals surface area contributed by atoms with E-state index in [2.05, 4.69) is 28.1 Å². The maximum absolute atomic E-state index is 10.4. The lowest BCUT2D eigenvalue weighted by atomic mass is 10.1. The molecule has 0 N–H and O–H groups in total. The zero-order valence-electron chi connectivity index (χ0n) is 6.53. The van der Waals surface area contributed by atoms with Gasteiger partial charge in [-0.1, -0.05) is 28.1 Å². The van der Waals surface area contributed by atoms with E-state index in [9.17, 15) is 4.79 Å². The van der Waals surface area contributed by atoms with Crippen molar-refractivity contribution in [3.8, 4) is 0 Å². The van der Waals surface area contributed by atoms with Crippen LogP contribution < -0.4 is 0 Å². The summed E-state index contributed by atoms with van der Waals surface area (Å²) in [6.07, 6.45) is 2.09. The van der Waals surface area contributed by atoms with E-state index in [-0.39, 0.29) is 5.92 Å². The largest absolute Gasteiger partial charge is 0.303 e. The van der Waals surface area contributed by atoms with Crippen LogP contribution in [-0.2, 0) is 4.79 Å². The summed E-state index contributed by atoms with van der Waals surface area (Å²) in [5, 5.41) is 0. The van der Waals surface area contributed by atoms with Gasteiger partial charge in [-0.3, -0.25) is 0 Å². The number of benzene rings is 1. The number of carbonyl (C=O) groups is 1. The third kappa shape index (κ3) is 1.44. The molecule has 0 unspecified atom stereocenters. The van der Waals surface area contributed by atoms with Crippen molar-refractivity contribution in [2.75, 3.05) is 0 Å². The first-order valence-electron chi connectivity index (χ1n) is 4.02. The number of carbonyl (C=O) groups excluding carboxylic acids is 1. The molecule has 0 aromatic heterocycles. The summed E-state index contributed by atoms with van der Waals surface area (Å²) in [5.74, 6) is 0.763. The molecule has 1 aliphatic rings. The third-order valence-corrected chi connectivity index (χ3v) is 2.78. The van der Waals surface area contributed by atoms with Crippen molar-refractivity contribution in [3.05, 3.63) is 34.3 Å². The summed E-state index contributed by atoms with van der Waals surface area (Å²) in [6.45, 7) is 0. The molecule has 62 valence electrons. The Morgan fingerprint density at radius 1 is 1.50 bits per heavy atom. The molecule has 0 amide bonds. The van der Waals surface area contributed by atoms with Crippen molar-refractivity contribution in [1.82, 2.24) is 0 Å². The van der Waals surface area contributed by atoms with E-state index in [0.29, 0.717) is 5.92 Å². The second-order valence-electron chi connectivity index (χ2n) is 3.20. The van der Waals surface area contributed by atoms with Gasteiger partial charge < -0.3 is 4.79 Å². The number of aldehydes is 1. The average molecular weight is 225 g/mol. The van der Waals surface area contributed by atoms with Crippen molar-refractivity contribution in [3.63, 3.8) is 0 Å². The quantitative estimate of drug-likeness (QED) is 0.707. The van der Waals surface area contributed by atoms with E-state index in [1.165, 1.54) is 5.56 Å². The zero-order chi connectivity index (χ0) is 8.55. The standard InChI is InChI=1S/C10H9BrO/c11-9-3-1-2-7(4-9)10-5-8(10)6-12/h1-4,6,8,10H,5H2/t8-,10+/m0/s1. The number of halogens is 1. The van der Waals surface area contributed by atoms with Gasteiger partial charge in [0, 0.05) is 10.4 Å². The predicted molar refractivity (Wildman–Crippen MR) is 51.1 cm³/mol. The highest BCUT2D eigenvalue weighted by Crippen LogP contribution is 2.46. The van der Waals surface area contributed by atoms with E-state index in [1.54, 1.807) is 0 Å². The first kappa shape index (κ1) is 7.99. The fourth-order valence-corrected chi connectivity index (χ4v) is 1.90. The van der Waals surface area contributed by atoms with Crippen LogP contribution in [0.3, 0.4) is 0 Å². The molecular formula is C10H9BrO. The minimum Gasteiger partial charge on any atom is -0.303 e. The lowest BCUT2D eigenvalue weighted by molar-refractivity contribution is -0.108. The molecule has 2 atom stereocenters. The predicted octanol–water partition coefficient (Wildman–Crippen LogP) is 2.75. The monoisotopic (exact) mass is 224 g/mol. The summed E-state index contributed by atoms with van der Waals surface area (Å²) < 4.78 is 1.09. The molecule has 0 heterocycles. The summed E-state index contributed by atoms with van der Waals surface area (Å²) in [5.41, 5.74) is 1.28. The number of rotatable bonds is 2. The normalized spacial score (nSPS) is 26.8. The fraction of sp³-hybridized carbons (Fsp3) is 0.300. The Morgan fingerprint density at radius 2 is 2.33 bits per heavy atom. The van der Waals surface area contributed by atoms with Crippen molar-refractivity contribution < 1.29 is 4.79 Å². The van der Waals surface area contributed by atoms with E-state index < -0.39 is 0 Å². The van der Waals surface area contributed by atoms with E-state index in [1.807, 2.05) is 12.1 Å². The van der Waals surface area contributed by atoms with Crippen LogP contribution >= 0.6 is 15.9 Å². The highest BCUT2D eigenvalue weighted by atomic mass is 79.9. The van der Waals surface area contributed by atoms with Crippen LogP contribution in [0.25, 0.3) is 0 Å². The van der Waals surface area contributed by atoms with Crippen molar-refractivity contribution in [1.29, 1.82) is 0 Å². The van der Waals surface area contributed by atoms with Gasteiger partial charge in [0.15, 0.2) is 0 Å². The van der Waals surface area contributed by atoms with E-state index >= 15 is 0 Å². The van der Waals surface area contributed by atoms with Crippen LogP contribution in [0.1, 0.15) is 17.9 Å². The Hall–Kier alpha value is -0.630.